The lowest BCUT2D eigenvalue weighted by Gasteiger charge is -2.17. The van der Waals surface area contributed by atoms with Crippen LogP contribution >= 0.6 is 0 Å². The van der Waals surface area contributed by atoms with E-state index < -0.39 is 41.1 Å². The van der Waals surface area contributed by atoms with Gasteiger partial charge >= 0.3 is 18.3 Å². The van der Waals surface area contributed by atoms with E-state index in [4.69, 9.17) is 4.74 Å². The van der Waals surface area contributed by atoms with Crippen LogP contribution in [0.1, 0.15) is 12.5 Å². The van der Waals surface area contributed by atoms with E-state index >= 15 is 0 Å². The minimum atomic E-state index is -4.28. The van der Waals surface area contributed by atoms with E-state index in [9.17, 15) is 30.8 Å². The van der Waals surface area contributed by atoms with E-state index in [2.05, 4.69) is 8.92 Å². The summed E-state index contributed by atoms with van der Waals surface area (Å²) < 4.78 is 86.3. The number of benzene rings is 1. The molecule has 0 heterocycles. The van der Waals surface area contributed by atoms with Gasteiger partial charge in [0.1, 0.15) is 5.75 Å². The molecule has 0 bridgehead atoms. The van der Waals surface area contributed by atoms with Crippen LogP contribution in [0.2, 0.25) is 0 Å². The fourth-order valence-electron chi connectivity index (χ4n) is 1.78. The molecule has 148 valence electrons. The number of esters is 1. The highest BCUT2D eigenvalue weighted by Crippen LogP contribution is 2.24. The topological polar surface area (TPSA) is 78.9 Å². The highest BCUT2D eigenvalue weighted by Gasteiger charge is 2.41. The summed E-state index contributed by atoms with van der Waals surface area (Å²) in [6.45, 7) is 0.0664. The Hall–Kier alpha value is -1.88. The Kier molecular flexibility index (Phi) is 7.82. The van der Waals surface area contributed by atoms with Gasteiger partial charge in [-0.05, 0) is 24.6 Å². The van der Waals surface area contributed by atoms with Gasteiger partial charge in [-0.2, -0.15) is 17.2 Å². The molecular weight excluding hydrogens is 384 g/mol. The predicted molar refractivity (Wildman–Crippen MR) is 82.9 cm³/mol. The van der Waals surface area contributed by atoms with Gasteiger partial charge in [-0.3, -0.25) is 4.18 Å². The lowest BCUT2D eigenvalue weighted by atomic mass is 10.1. The maximum atomic E-state index is 12.8. The lowest BCUT2D eigenvalue weighted by molar-refractivity contribution is -0.151. The monoisotopic (exact) mass is 402 g/mol. The van der Waals surface area contributed by atoms with Gasteiger partial charge in [-0.1, -0.05) is 12.1 Å². The largest absolute Gasteiger partial charge is 0.487 e. The van der Waals surface area contributed by atoms with E-state index in [1.54, 1.807) is 0 Å². The Balaban J connectivity index is 2.77. The van der Waals surface area contributed by atoms with E-state index in [1.165, 1.54) is 31.2 Å². The Morgan fingerprint density at radius 2 is 1.77 bits per heavy atom. The molecule has 0 aliphatic carbocycles. The van der Waals surface area contributed by atoms with Crippen LogP contribution in [0.4, 0.5) is 17.6 Å². The molecule has 0 saturated carbocycles. The van der Waals surface area contributed by atoms with Gasteiger partial charge in [-0.15, -0.1) is 0 Å². The van der Waals surface area contributed by atoms with Crippen LogP contribution in [0.25, 0.3) is 0 Å². The number of hydrogen-bond donors (Lipinski definition) is 0. The van der Waals surface area contributed by atoms with Crippen LogP contribution in [0, 0.1) is 0 Å². The van der Waals surface area contributed by atoms with Crippen molar-refractivity contribution in [3.63, 3.8) is 0 Å². The van der Waals surface area contributed by atoms with Crippen molar-refractivity contribution in [2.24, 2.45) is 0 Å². The first-order valence-corrected chi connectivity index (χ1v) is 9.19. The number of carbonyl (C=O) groups excluding carboxylic acids is 1. The molecule has 0 saturated heterocycles. The van der Waals surface area contributed by atoms with Crippen molar-refractivity contribution in [1.29, 1.82) is 0 Å². The molecule has 0 fully saturated rings. The van der Waals surface area contributed by atoms with Crippen LogP contribution < -0.4 is 4.74 Å². The normalized spacial score (nSPS) is 13.5. The second kappa shape index (κ2) is 9.17. The third-order valence-corrected chi connectivity index (χ3v) is 3.52. The van der Waals surface area contributed by atoms with Crippen molar-refractivity contribution in [2.75, 3.05) is 19.5 Å². The smallest absolute Gasteiger partial charge is 0.340 e. The molecule has 6 nitrogen and oxygen atoms in total. The number of halogens is 4. The van der Waals surface area contributed by atoms with Crippen molar-refractivity contribution >= 4 is 16.1 Å². The minimum Gasteiger partial charge on any atom is -0.487 e. The molecule has 0 aromatic heterocycles. The molecule has 0 radical (unpaired) electrons. The van der Waals surface area contributed by atoms with Crippen LogP contribution in [0.3, 0.4) is 0 Å². The summed E-state index contributed by atoms with van der Waals surface area (Å²) in [4.78, 5) is 11.8. The maximum Gasteiger partial charge on any atom is 0.340 e. The Morgan fingerprint density at radius 1 is 1.19 bits per heavy atom. The fraction of sp³-hybridized carbons (Fsp3) is 0.533. The number of rotatable bonds is 10. The number of ether oxygens (including phenoxy) is 2. The maximum absolute atomic E-state index is 12.8. The number of hydrogen-bond acceptors (Lipinski definition) is 6. The first-order valence-electron chi connectivity index (χ1n) is 7.37. The molecule has 1 unspecified atom stereocenters. The second-order valence-electron chi connectivity index (χ2n) is 5.24. The summed E-state index contributed by atoms with van der Waals surface area (Å²) in [5, 5.41) is 0. The molecule has 0 aliphatic rings. The molecule has 0 aliphatic heterocycles. The Morgan fingerprint density at radius 3 is 2.23 bits per heavy atom. The molecule has 0 N–H and O–H groups in total. The molecule has 11 heteroatoms. The average molecular weight is 402 g/mol. The molecule has 0 spiro atoms. The zero-order chi connectivity index (χ0) is 20.0. The molecule has 0 amide bonds. The molecule has 26 heavy (non-hydrogen) atoms. The highest BCUT2D eigenvalue weighted by molar-refractivity contribution is 7.86. The summed E-state index contributed by atoms with van der Waals surface area (Å²) >= 11 is 0. The van der Waals surface area contributed by atoms with Crippen molar-refractivity contribution in [3.8, 4) is 5.75 Å². The third-order valence-electron chi connectivity index (χ3n) is 2.94. The first-order chi connectivity index (χ1) is 11.9. The molecule has 1 atom stereocenters. The van der Waals surface area contributed by atoms with Gasteiger partial charge in [0.05, 0.1) is 12.9 Å². The second-order valence-corrected chi connectivity index (χ2v) is 6.84. The van der Waals surface area contributed by atoms with Crippen molar-refractivity contribution in [2.45, 2.75) is 31.8 Å². The van der Waals surface area contributed by atoms with Crippen LogP contribution in [-0.2, 0) is 30.3 Å². The zero-order valence-electron chi connectivity index (χ0n) is 14.0. The third kappa shape index (κ3) is 7.56. The van der Waals surface area contributed by atoms with Gasteiger partial charge in [0.15, 0.2) is 12.7 Å². The summed E-state index contributed by atoms with van der Waals surface area (Å²) in [6, 6.07) is 5.15. The zero-order valence-corrected chi connectivity index (χ0v) is 14.8. The summed E-state index contributed by atoms with van der Waals surface area (Å²) in [5.74, 6) is -5.25. The first kappa shape index (κ1) is 22.2. The van der Waals surface area contributed by atoms with E-state index in [0.29, 0.717) is 5.56 Å². The SMILES string of the molecule is CCOC(=O)C(Cc1ccc(OCC(F)(F)C(F)F)cc1)OS(C)(=O)=O. The van der Waals surface area contributed by atoms with Crippen LogP contribution in [0.15, 0.2) is 24.3 Å². The standard InChI is InChI=1S/C15H18F4O6S/c1-3-23-13(20)12(25-26(2,21)22)8-10-4-6-11(7-5-10)24-9-15(18,19)14(16)17/h4-7,12,14H,3,8-9H2,1-2H3. The van der Waals surface area contributed by atoms with Crippen molar-refractivity contribution < 1.29 is 44.4 Å². The van der Waals surface area contributed by atoms with E-state index in [0.717, 1.165) is 6.26 Å². The van der Waals surface area contributed by atoms with Gasteiger partial charge < -0.3 is 9.47 Å². The fourth-order valence-corrected chi connectivity index (χ4v) is 2.35. The predicted octanol–water partition coefficient (Wildman–Crippen LogP) is 2.42. The minimum absolute atomic E-state index is 0.0214. The van der Waals surface area contributed by atoms with Gasteiger partial charge in [0.2, 0.25) is 0 Å². The van der Waals surface area contributed by atoms with Crippen LogP contribution in [0.5, 0.6) is 5.75 Å². The van der Waals surface area contributed by atoms with E-state index in [1.807, 2.05) is 0 Å². The average Bonchev–Trinajstić information content (AvgIpc) is 2.52. The number of carbonyl (C=O) groups is 1. The highest BCUT2D eigenvalue weighted by atomic mass is 32.2. The quantitative estimate of drug-likeness (QED) is 0.340. The van der Waals surface area contributed by atoms with Gasteiger partial charge in [-0.25, -0.2) is 13.6 Å². The molecular formula is C15H18F4O6S. The van der Waals surface area contributed by atoms with E-state index in [-0.39, 0.29) is 18.8 Å². The molecule has 1 aromatic carbocycles. The van der Waals surface area contributed by atoms with Gasteiger partial charge in [0.25, 0.3) is 10.1 Å². The Bertz CT molecular complexity index is 691. The Labute approximate surface area is 148 Å². The summed E-state index contributed by atoms with van der Waals surface area (Å²) in [6.07, 6.45) is -4.65. The molecule has 1 rings (SSSR count). The lowest BCUT2D eigenvalue weighted by Crippen LogP contribution is -2.33. The summed E-state index contributed by atoms with van der Waals surface area (Å²) in [7, 11) is -3.93. The van der Waals surface area contributed by atoms with Gasteiger partial charge in [0, 0.05) is 6.42 Å². The summed E-state index contributed by atoms with van der Waals surface area (Å²) in [5.41, 5.74) is 0.416. The van der Waals surface area contributed by atoms with Crippen LogP contribution in [-0.4, -0.2) is 52.3 Å². The van der Waals surface area contributed by atoms with Crippen molar-refractivity contribution in [1.82, 2.24) is 0 Å². The molecule has 1 aromatic rings. The number of alkyl halides is 4. The van der Waals surface area contributed by atoms with Crippen molar-refractivity contribution in [3.05, 3.63) is 29.8 Å².